The first-order valence-corrected chi connectivity index (χ1v) is 14.2. The number of halogens is 4. The molecule has 0 spiro atoms. The van der Waals surface area contributed by atoms with E-state index in [2.05, 4.69) is 20.3 Å². The van der Waals surface area contributed by atoms with Crippen molar-refractivity contribution < 1.29 is 40.7 Å². The molecular formula is C28H30F4N4O5S. The summed E-state index contributed by atoms with van der Waals surface area (Å²) in [6, 6.07) is 16.3. The van der Waals surface area contributed by atoms with Crippen LogP contribution in [0, 0.1) is 19.7 Å². The Morgan fingerprint density at radius 1 is 1.00 bits per heavy atom. The molecule has 0 unspecified atom stereocenters. The van der Waals surface area contributed by atoms with Crippen LogP contribution in [0.1, 0.15) is 27.0 Å². The van der Waals surface area contributed by atoms with Crippen molar-refractivity contribution in [3.05, 3.63) is 88.7 Å². The Bertz CT molecular complexity index is 1540. The maximum atomic E-state index is 13.9. The Kier molecular flexibility index (Phi) is 10.5. The zero-order valence-electron chi connectivity index (χ0n) is 22.8. The van der Waals surface area contributed by atoms with Crippen molar-refractivity contribution in [1.29, 1.82) is 0 Å². The van der Waals surface area contributed by atoms with E-state index in [-0.39, 0.29) is 17.0 Å². The van der Waals surface area contributed by atoms with Gasteiger partial charge in [0.2, 0.25) is 0 Å². The first-order chi connectivity index (χ1) is 19.7. The number of hydrogen-bond donors (Lipinski definition) is 4. The monoisotopic (exact) mass is 610 g/mol. The van der Waals surface area contributed by atoms with Crippen LogP contribution in [0.3, 0.4) is 0 Å². The van der Waals surface area contributed by atoms with Gasteiger partial charge in [-0.2, -0.15) is 13.2 Å². The molecule has 4 rings (SSSR count). The molecule has 0 aromatic heterocycles. The average Bonchev–Trinajstić information content (AvgIpc) is 2.92. The zero-order valence-corrected chi connectivity index (χ0v) is 23.6. The average molecular weight is 611 g/mol. The van der Waals surface area contributed by atoms with Crippen molar-refractivity contribution in [2.24, 2.45) is 0 Å². The second kappa shape index (κ2) is 13.7. The van der Waals surface area contributed by atoms with Crippen LogP contribution in [0.5, 0.6) is 0 Å². The van der Waals surface area contributed by atoms with E-state index in [1.165, 1.54) is 12.1 Å². The van der Waals surface area contributed by atoms with Gasteiger partial charge < -0.3 is 20.6 Å². The first-order valence-electron chi connectivity index (χ1n) is 12.7. The van der Waals surface area contributed by atoms with Crippen molar-refractivity contribution in [1.82, 2.24) is 10.6 Å². The summed E-state index contributed by atoms with van der Waals surface area (Å²) in [5.41, 5.74) is 3.28. The number of carbonyl (C=O) groups is 2. The normalized spacial score (nSPS) is 13.5. The molecule has 0 radical (unpaired) electrons. The van der Waals surface area contributed by atoms with Gasteiger partial charge in [-0.15, -0.1) is 0 Å². The summed E-state index contributed by atoms with van der Waals surface area (Å²) >= 11 is 0. The lowest BCUT2D eigenvalue weighted by atomic mass is 10.1. The number of anilines is 2. The number of aliphatic carboxylic acids is 1. The van der Waals surface area contributed by atoms with Crippen molar-refractivity contribution >= 4 is 33.3 Å². The number of sulfonamides is 1. The molecule has 4 N–H and O–H groups in total. The van der Waals surface area contributed by atoms with E-state index in [9.17, 15) is 30.8 Å². The number of piperazine rings is 1. The lowest BCUT2D eigenvalue weighted by Crippen LogP contribution is -2.43. The maximum absolute atomic E-state index is 13.9. The predicted molar refractivity (Wildman–Crippen MR) is 150 cm³/mol. The quantitative estimate of drug-likeness (QED) is 0.295. The highest BCUT2D eigenvalue weighted by Crippen LogP contribution is 2.31. The number of carbonyl (C=O) groups excluding carboxylic acids is 1. The van der Waals surface area contributed by atoms with Gasteiger partial charge in [-0.25, -0.2) is 17.6 Å². The SMILES string of the molecule is Cc1ccc(S(=O)(=O)Nc2cc(C(=O)NCc3ccccc3F)ccc2N2CCNCC2)c(C)c1.O=C(O)C(F)(F)F. The number of amides is 1. The number of carboxylic acids is 1. The van der Waals surface area contributed by atoms with Crippen LogP contribution in [0.2, 0.25) is 0 Å². The molecule has 1 amide bonds. The molecule has 226 valence electrons. The van der Waals surface area contributed by atoms with Gasteiger partial charge in [0.15, 0.2) is 0 Å². The van der Waals surface area contributed by atoms with Gasteiger partial charge in [0.1, 0.15) is 5.82 Å². The number of benzene rings is 3. The molecule has 3 aromatic rings. The second-order valence-electron chi connectivity index (χ2n) is 9.42. The number of nitrogens with one attached hydrogen (secondary N) is 3. The standard InChI is InChI=1S/C26H29FN4O3S.C2HF3O2/c1-18-7-10-25(19(2)15-18)35(33,34)30-23-16-20(8-9-24(23)31-13-11-28-12-14-31)26(32)29-17-21-5-3-4-6-22(21)27;3-2(4,5)1(6)7/h3-10,15-16,28,30H,11-14,17H2,1-2H3,(H,29,32);(H,6,7). The molecule has 0 aliphatic carbocycles. The topological polar surface area (TPSA) is 128 Å². The molecule has 1 aliphatic rings. The Hall–Kier alpha value is -4.17. The van der Waals surface area contributed by atoms with Gasteiger partial charge in [-0.1, -0.05) is 35.9 Å². The van der Waals surface area contributed by atoms with E-state index < -0.39 is 33.9 Å². The van der Waals surface area contributed by atoms with E-state index in [4.69, 9.17) is 9.90 Å². The highest BCUT2D eigenvalue weighted by molar-refractivity contribution is 7.92. The van der Waals surface area contributed by atoms with Gasteiger partial charge in [0.05, 0.1) is 16.3 Å². The second-order valence-corrected chi connectivity index (χ2v) is 11.1. The van der Waals surface area contributed by atoms with Crippen LogP contribution in [-0.4, -0.2) is 57.8 Å². The third-order valence-electron chi connectivity index (χ3n) is 6.22. The number of carboxylic acid groups (broad SMARTS) is 1. The van der Waals surface area contributed by atoms with E-state index in [0.29, 0.717) is 35.6 Å². The van der Waals surface area contributed by atoms with E-state index in [1.807, 2.05) is 13.0 Å². The molecule has 0 saturated carbocycles. The minimum atomic E-state index is -5.08. The lowest BCUT2D eigenvalue weighted by molar-refractivity contribution is -0.192. The van der Waals surface area contributed by atoms with Crippen LogP contribution in [0.15, 0.2) is 65.6 Å². The third-order valence-corrected chi connectivity index (χ3v) is 7.75. The van der Waals surface area contributed by atoms with Gasteiger partial charge in [-0.05, 0) is 49.7 Å². The molecule has 1 heterocycles. The van der Waals surface area contributed by atoms with Gasteiger partial charge in [0, 0.05) is 43.9 Å². The summed E-state index contributed by atoms with van der Waals surface area (Å²) < 4.78 is 75.0. The van der Waals surface area contributed by atoms with Gasteiger partial charge >= 0.3 is 12.1 Å². The summed E-state index contributed by atoms with van der Waals surface area (Å²) in [6.07, 6.45) is -5.08. The maximum Gasteiger partial charge on any atom is 0.490 e. The van der Waals surface area contributed by atoms with Crippen LogP contribution >= 0.6 is 0 Å². The third kappa shape index (κ3) is 8.66. The summed E-state index contributed by atoms with van der Waals surface area (Å²) in [5.74, 6) is -3.58. The van der Waals surface area contributed by atoms with Crippen molar-refractivity contribution in [2.75, 3.05) is 35.8 Å². The zero-order chi connectivity index (χ0) is 31.1. The Morgan fingerprint density at radius 3 is 2.24 bits per heavy atom. The molecule has 0 bridgehead atoms. The summed E-state index contributed by atoms with van der Waals surface area (Å²) in [6.45, 7) is 6.64. The smallest absolute Gasteiger partial charge is 0.475 e. The van der Waals surface area contributed by atoms with Crippen LogP contribution in [0.25, 0.3) is 0 Å². The number of aryl methyl sites for hydroxylation is 2. The van der Waals surface area contributed by atoms with Crippen molar-refractivity contribution in [3.8, 4) is 0 Å². The number of alkyl halides is 3. The molecule has 1 saturated heterocycles. The Morgan fingerprint density at radius 2 is 1.64 bits per heavy atom. The van der Waals surface area contributed by atoms with E-state index in [0.717, 1.165) is 18.7 Å². The highest BCUT2D eigenvalue weighted by Gasteiger charge is 2.38. The van der Waals surface area contributed by atoms with Crippen LogP contribution in [-0.2, 0) is 21.4 Å². The summed E-state index contributed by atoms with van der Waals surface area (Å²) in [4.78, 5) is 24.0. The van der Waals surface area contributed by atoms with Crippen LogP contribution < -0.4 is 20.3 Å². The number of rotatable bonds is 7. The molecular weight excluding hydrogens is 580 g/mol. The minimum Gasteiger partial charge on any atom is -0.475 e. The van der Waals surface area contributed by atoms with E-state index in [1.54, 1.807) is 49.4 Å². The van der Waals surface area contributed by atoms with Crippen molar-refractivity contribution in [2.45, 2.75) is 31.5 Å². The summed E-state index contributed by atoms with van der Waals surface area (Å²) in [5, 5.41) is 13.1. The minimum absolute atomic E-state index is 0.0225. The summed E-state index contributed by atoms with van der Waals surface area (Å²) in [7, 11) is -3.90. The van der Waals surface area contributed by atoms with Gasteiger partial charge in [-0.3, -0.25) is 9.52 Å². The molecule has 3 aromatic carbocycles. The van der Waals surface area contributed by atoms with E-state index >= 15 is 0 Å². The largest absolute Gasteiger partial charge is 0.490 e. The fraction of sp³-hybridized carbons (Fsp3) is 0.286. The van der Waals surface area contributed by atoms with Gasteiger partial charge in [0.25, 0.3) is 15.9 Å². The molecule has 42 heavy (non-hydrogen) atoms. The fourth-order valence-electron chi connectivity index (χ4n) is 4.16. The Labute approximate surface area is 240 Å². The van der Waals surface area contributed by atoms with Crippen LogP contribution in [0.4, 0.5) is 28.9 Å². The highest BCUT2D eigenvalue weighted by atomic mass is 32.2. The predicted octanol–water partition coefficient (Wildman–Crippen LogP) is 4.22. The fourth-order valence-corrected chi connectivity index (χ4v) is 5.45. The molecule has 1 fully saturated rings. The number of hydrogen-bond acceptors (Lipinski definition) is 6. The first kappa shape index (κ1) is 32.3. The molecule has 9 nitrogen and oxygen atoms in total. The Balaban J connectivity index is 0.000000616. The molecule has 0 atom stereocenters. The van der Waals surface area contributed by atoms with Crippen molar-refractivity contribution in [3.63, 3.8) is 0 Å². The molecule has 14 heteroatoms. The molecule has 1 aliphatic heterocycles. The number of nitrogens with zero attached hydrogens (tertiary/aromatic N) is 1. The lowest BCUT2D eigenvalue weighted by Gasteiger charge is -2.31.